The minimum Gasteiger partial charge on any atom is -0.360 e. The van der Waals surface area contributed by atoms with E-state index in [-0.39, 0.29) is 7.43 Å². The summed E-state index contributed by atoms with van der Waals surface area (Å²) in [5, 5.41) is 10.2. The zero-order valence-electron chi connectivity index (χ0n) is 7.43. The van der Waals surface area contributed by atoms with E-state index in [1.165, 1.54) is 11.3 Å². The summed E-state index contributed by atoms with van der Waals surface area (Å²) < 4.78 is 0. The molecule has 0 atom stereocenters. The fourth-order valence-electron chi connectivity index (χ4n) is 0.784. The highest BCUT2D eigenvalue weighted by Gasteiger charge is 2.03. The second kappa shape index (κ2) is 6.22. The quantitative estimate of drug-likeness (QED) is 0.783. The Morgan fingerprint density at radius 1 is 1.57 bits per heavy atom. The average molecular weight is 251 g/mol. The molecule has 2 N–H and O–H groups in total. The lowest BCUT2D eigenvalue weighted by Gasteiger charge is -2.11. The van der Waals surface area contributed by atoms with E-state index in [0.717, 1.165) is 5.00 Å². The van der Waals surface area contributed by atoms with Crippen LogP contribution in [0.4, 0.5) is 5.00 Å². The SMILES string of the molecule is C.CC(C)NC(=S)Nc1sccc1Cl. The van der Waals surface area contributed by atoms with Gasteiger partial charge in [0.15, 0.2) is 5.11 Å². The molecular formula is C9H15ClN2S2. The average Bonchev–Trinajstić information content (AvgIpc) is 2.34. The highest BCUT2D eigenvalue weighted by Crippen LogP contribution is 2.27. The molecule has 1 aromatic heterocycles. The van der Waals surface area contributed by atoms with Gasteiger partial charge in [-0.1, -0.05) is 19.0 Å². The van der Waals surface area contributed by atoms with Crippen molar-refractivity contribution in [2.24, 2.45) is 0 Å². The Morgan fingerprint density at radius 3 is 2.64 bits per heavy atom. The van der Waals surface area contributed by atoms with Gasteiger partial charge in [0.1, 0.15) is 5.00 Å². The number of halogens is 1. The van der Waals surface area contributed by atoms with Gasteiger partial charge in [-0.2, -0.15) is 0 Å². The Kier molecular flexibility index (Phi) is 6.08. The van der Waals surface area contributed by atoms with Crippen LogP contribution in [0.3, 0.4) is 0 Å². The first kappa shape index (κ1) is 13.7. The van der Waals surface area contributed by atoms with Gasteiger partial charge in [0, 0.05) is 6.04 Å². The molecule has 2 nitrogen and oxygen atoms in total. The van der Waals surface area contributed by atoms with E-state index in [9.17, 15) is 0 Å². The maximum atomic E-state index is 5.88. The van der Waals surface area contributed by atoms with Crippen molar-refractivity contribution in [2.75, 3.05) is 5.32 Å². The zero-order valence-corrected chi connectivity index (χ0v) is 9.82. The van der Waals surface area contributed by atoms with Crippen LogP contribution >= 0.6 is 35.2 Å². The molecule has 0 unspecified atom stereocenters. The van der Waals surface area contributed by atoms with Crippen LogP contribution in [0, 0.1) is 0 Å². The molecule has 0 aliphatic rings. The molecule has 0 saturated carbocycles. The van der Waals surface area contributed by atoms with Crippen LogP contribution < -0.4 is 10.6 Å². The summed E-state index contributed by atoms with van der Waals surface area (Å²) in [5.74, 6) is 0. The van der Waals surface area contributed by atoms with Crippen molar-refractivity contribution >= 4 is 45.3 Å². The molecular weight excluding hydrogens is 236 g/mol. The molecule has 80 valence electrons. The van der Waals surface area contributed by atoms with Gasteiger partial charge in [0.2, 0.25) is 0 Å². The Balaban J connectivity index is 0.00000169. The first-order chi connectivity index (χ1) is 6.09. The van der Waals surface area contributed by atoms with Gasteiger partial charge >= 0.3 is 0 Å². The molecule has 0 radical (unpaired) electrons. The Labute approximate surface area is 99.7 Å². The summed E-state index contributed by atoms with van der Waals surface area (Å²) >= 11 is 12.5. The standard InChI is InChI=1S/C8H11ClN2S2.CH4/c1-5(2)10-8(12)11-7-6(9)3-4-13-7;/h3-5H,1-2H3,(H2,10,11,12);1H4. The van der Waals surface area contributed by atoms with Gasteiger partial charge in [-0.3, -0.25) is 0 Å². The maximum Gasteiger partial charge on any atom is 0.171 e. The largest absolute Gasteiger partial charge is 0.360 e. The summed E-state index contributed by atoms with van der Waals surface area (Å²) in [6.45, 7) is 4.06. The van der Waals surface area contributed by atoms with Crippen LogP contribution in [-0.2, 0) is 0 Å². The van der Waals surface area contributed by atoms with Crippen molar-refractivity contribution in [1.29, 1.82) is 0 Å². The Hall–Kier alpha value is -0.320. The molecule has 0 aliphatic heterocycles. The molecule has 1 rings (SSSR count). The molecule has 0 bridgehead atoms. The lowest BCUT2D eigenvalue weighted by molar-refractivity contribution is 0.739. The van der Waals surface area contributed by atoms with Crippen molar-refractivity contribution in [1.82, 2.24) is 5.32 Å². The topological polar surface area (TPSA) is 24.1 Å². The van der Waals surface area contributed by atoms with Crippen LogP contribution in [-0.4, -0.2) is 11.2 Å². The summed E-state index contributed by atoms with van der Waals surface area (Å²) in [6, 6.07) is 2.17. The van der Waals surface area contributed by atoms with Gasteiger partial charge in [0.05, 0.1) is 5.02 Å². The number of hydrogen-bond donors (Lipinski definition) is 2. The molecule has 0 aromatic carbocycles. The van der Waals surface area contributed by atoms with Crippen molar-refractivity contribution < 1.29 is 0 Å². The Bertz CT molecular complexity index is 297. The van der Waals surface area contributed by atoms with Gasteiger partial charge in [-0.05, 0) is 37.5 Å². The van der Waals surface area contributed by atoms with E-state index in [0.29, 0.717) is 16.2 Å². The third-order valence-electron chi connectivity index (χ3n) is 1.26. The molecule has 1 aromatic rings. The molecule has 0 aliphatic carbocycles. The molecule has 14 heavy (non-hydrogen) atoms. The number of thiocarbonyl (C=S) groups is 1. The van der Waals surface area contributed by atoms with Crippen molar-refractivity contribution in [3.05, 3.63) is 16.5 Å². The molecule has 0 saturated heterocycles. The smallest absolute Gasteiger partial charge is 0.171 e. The number of anilines is 1. The predicted molar refractivity (Wildman–Crippen MR) is 70.6 cm³/mol. The molecule has 0 fully saturated rings. The summed E-state index contributed by atoms with van der Waals surface area (Å²) in [5.41, 5.74) is 0. The molecule has 0 amide bonds. The number of rotatable bonds is 2. The van der Waals surface area contributed by atoms with Gasteiger partial charge < -0.3 is 10.6 Å². The maximum absolute atomic E-state index is 5.88. The van der Waals surface area contributed by atoms with E-state index in [1.807, 2.05) is 25.3 Å². The van der Waals surface area contributed by atoms with E-state index < -0.39 is 0 Å². The fraction of sp³-hybridized carbons (Fsp3) is 0.444. The first-order valence-corrected chi connectivity index (χ1v) is 5.56. The minimum absolute atomic E-state index is 0. The third kappa shape index (κ3) is 4.26. The molecule has 5 heteroatoms. The fourth-order valence-corrected chi connectivity index (χ4v) is 2.19. The normalized spacial score (nSPS) is 9.43. The predicted octanol–water partition coefficient (Wildman–Crippen LogP) is 3.73. The third-order valence-corrected chi connectivity index (χ3v) is 2.74. The van der Waals surface area contributed by atoms with Crippen LogP contribution in [0.15, 0.2) is 11.4 Å². The second-order valence-corrected chi connectivity index (χ2v) is 4.58. The van der Waals surface area contributed by atoms with E-state index >= 15 is 0 Å². The zero-order chi connectivity index (χ0) is 9.84. The Morgan fingerprint density at radius 2 is 2.21 bits per heavy atom. The van der Waals surface area contributed by atoms with E-state index in [2.05, 4.69) is 10.6 Å². The van der Waals surface area contributed by atoms with E-state index in [4.69, 9.17) is 23.8 Å². The lowest BCUT2D eigenvalue weighted by atomic mass is 10.4. The van der Waals surface area contributed by atoms with E-state index in [1.54, 1.807) is 0 Å². The van der Waals surface area contributed by atoms with Crippen molar-refractivity contribution in [3.8, 4) is 0 Å². The van der Waals surface area contributed by atoms with Gasteiger partial charge in [-0.15, -0.1) is 11.3 Å². The highest BCUT2D eigenvalue weighted by atomic mass is 35.5. The second-order valence-electron chi connectivity index (χ2n) is 2.85. The number of nitrogens with one attached hydrogen (secondary N) is 2. The first-order valence-electron chi connectivity index (χ1n) is 3.90. The van der Waals surface area contributed by atoms with Gasteiger partial charge in [-0.25, -0.2) is 0 Å². The van der Waals surface area contributed by atoms with Crippen LogP contribution in [0.1, 0.15) is 21.3 Å². The summed E-state index contributed by atoms with van der Waals surface area (Å²) in [6.07, 6.45) is 0. The van der Waals surface area contributed by atoms with Crippen molar-refractivity contribution in [3.63, 3.8) is 0 Å². The van der Waals surface area contributed by atoms with Crippen LogP contribution in [0.25, 0.3) is 0 Å². The van der Waals surface area contributed by atoms with Crippen LogP contribution in [0.2, 0.25) is 5.02 Å². The van der Waals surface area contributed by atoms with Gasteiger partial charge in [0.25, 0.3) is 0 Å². The summed E-state index contributed by atoms with van der Waals surface area (Å²) in [4.78, 5) is 0. The number of hydrogen-bond acceptors (Lipinski definition) is 2. The van der Waals surface area contributed by atoms with Crippen LogP contribution in [0.5, 0.6) is 0 Å². The summed E-state index contributed by atoms with van der Waals surface area (Å²) in [7, 11) is 0. The minimum atomic E-state index is 0. The number of thiophene rings is 1. The lowest BCUT2D eigenvalue weighted by Crippen LogP contribution is -2.33. The monoisotopic (exact) mass is 250 g/mol. The molecule has 0 spiro atoms. The molecule has 1 heterocycles. The highest BCUT2D eigenvalue weighted by molar-refractivity contribution is 7.80. The van der Waals surface area contributed by atoms with Crippen molar-refractivity contribution in [2.45, 2.75) is 27.3 Å².